The van der Waals surface area contributed by atoms with Crippen molar-refractivity contribution in [3.63, 3.8) is 0 Å². The van der Waals surface area contributed by atoms with Gasteiger partial charge in [0.15, 0.2) is 6.61 Å². The van der Waals surface area contributed by atoms with E-state index in [1.54, 1.807) is 25.2 Å². The molecule has 0 N–H and O–H groups in total. The number of hydrogen-bond donors (Lipinski definition) is 0. The molecule has 0 fully saturated rings. The highest BCUT2D eigenvalue weighted by molar-refractivity contribution is 7.14. The van der Waals surface area contributed by atoms with Gasteiger partial charge in [-0.2, -0.15) is 0 Å². The average Bonchev–Trinajstić information content (AvgIpc) is 2.92. The predicted molar refractivity (Wildman–Crippen MR) is 98.7 cm³/mol. The SMILES string of the molecule is CN(Cc1ccccc1F)C(=O)COC(=O)c1cc2c(s1)CCCCC2. The van der Waals surface area contributed by atoms with Gasteiger partial charge in [-0.3, -0.25) is 4.79 Å². The van der Waals surface area contributed by atoms with E-state index < -0.39 is 5.97 Å². The Morgan fingerprint density at radius 2 is 1.96 bits per heavy atom. The summed E-state index contributed by atoms with van der Waals surface area (Å²) in [6, 6.07) is 8.21. The number of carbonyl (C=O) groups excluding carboxylic acids is 2. The average molecular weight is 375 g/mol. The van der Waals surface area contributed by atoms with Gasteiger partial charge < -0.3 is 9.64 Å². The van der Waals surface area contributed by atoms with Crippen molar-refractivity contribution in [1.82, 2.24) is 4.90 Å². The Labute approximate surface area is 156 Å². The van der Waals surface area contributed by atoms with E-state index in [0.29, 0.717) is 10.4 Å². The first-order valence-electron chi connectivity index (χ1n) is 8.80. The highest BCUT2D eigenvalue weighted by Gasteiger charge is 2.19. The Balaban J connectivity index is 1.54. The molecule has 4 nitrogen and oxygen atoms in total. The van der Waals surface area contributed by atoms with Crippen LogP contribution in [0.5, 0.6) is 0 Å². The van der Waals surface area contributed by atoms with Gasteiger partial charge in [0, 0.05) is 24.0 Å². The molecule has 1 aliphatic carbocycles. The van der Waals surface area contributed by atoms with Crippen molar-refractivity contribution in [2.45, 2.75) is 38.6 Å². The van der Waals surface area contributed by atoms with Crippen molar-refractivity contribution in [3.05, 3.63) is 57.0 Å². The van der Waals surface area contributed by atoms with Crippen LogP contribution < -0.4 is 0 Å². The molecule has 6 heteroatoms. The molecule has 0 atom stereocenters. The number of ether oxygens (including phenoxy) is 1. The Hall–Kier alpha value is -2.21. The lowest BCUT2D eigenvalue weighted by molar-refractivity contribution is -0.133. The normalized spacial score (nSPS) is 13.6. The third-order valence-corrected chi connectivity index (χ3v) is 5.78. The second-order valence-corrected chi connectivity index (χ2v) is 7.67. The number of nitrogens with zero attached hydrogens (tertiary/aromatic N) is 1. The fourth-order valence-corrected chi connectivity index (χ4v) is 4.19. The van der Waals surface area contributed by atoms with E-state index in [1.807, 2.05) is 6.07 Å². The van der Waals surface area contributed by atoms with E-state index >= 15 is 0 Å². The molecule has 1 amide bonds. The van der Waals surface area contributed by atoms with Crippen molar-refractivity contribution >= 4 is 23.2 Å². The lowest BCUT2D eigenvalue weighted by Gasteiger charge is -2.17. The summed E-state index contributed by atoms with van der Waals surface area (Å²) < 4.78 is 18.8. The number of thiophene rings is 1. The first-order chi connectivity index (χ1) is 12.5. The fraction of sp³-hybridized carbons (Fsp3) is 0.400. The van der Waals surface area contributed by atoms with Gasteiger partial charge in [-0.15, -0.1) is 11.3 Å². The zero-order valence-electron chi connectivity index (χ0n) is 14.8. The zero-order chi connectivity index (χ0) is 18.5. The van der Waals surface area contributed by atoms with Crippen molar-refractivity contribution in [2.75, 3.05) is 13.7 Å². The number of carbonyl (C=O) groups is 2. The van der Waals surface area contributed by atoms with Gasteiger partial charge in [-0.25, -0.2) is 9.18 Å². The number of hydrogen-bond acceptors (Lipinski definition) is 4. The van der Waals surface area contributed by atoms with E-state index in [2.05, 4.69) is 0 Å². The molecule has 1 aromatic heterocycles. The minimum atomic E-state index is -0.462. The summed E-state index contributed by atoms with van der Waals surface area (Å²) in [7, 11) is 1.57. The molecule has 2 aromatic rings. The van der Waals surface area contributed by atoms with Crippen LogP contribution in [0.15, 0.2) is 30.3 Å². The van der Waals surface area contributed by atoms with E-state index in [9.17, 15) is 14.0 Å². The summed E-state index contributed by atoms with van der Waals surface area (Å²) in [4.78, 5) is 27.6. The predicted octanol–water partition coefficient (Wildman–Crippen LogP) is 3.97. The van der Waals surface area contributed by atoms with Crippen molar-refractivity contribution in [1.29, 1.82) is 0 Å². The van der Waals surface area contributed by atoms with Gasteiger partial charge in [-0.05, 0) is 43.4 Å². The summed E-state index contributed by atoms with van der Waals surface area (Å²) in [5, 5.41) is 0. The van der Waals surface area contributed by atoms with E-state index in [1.165, 1.54) is 39.2 Å². The summed E-state index contributed by atoms with van der Waals surface area (Å²) >= 11 is 1.47. The molecule has 0 unspecified atom stereocenters. The standard InChI is InChI=1S/C20H22FNO3S/c1-22(12-15-8-5-6-9-16(15)21)19(23)13-25-20(24)18-11-14-7-3-2-4-10-17(14)26-18/h5-6,8-9,11H,2-4,7,10,12-13H2,1H3. The number of fused-ring (bicyclic) bond motifs is 1. The molecular formula is C20H22FNO3S. The number of rotatable bonds is 5. The van der Waals surface area contributed by atoms with Crippen LogP contribution in [0.1, 0.15) is 44.9 Å². The van der Waals surface area contributed by atoms with Crippen LogP contribution in [-0.4, -0.2) is 30.4 Å². The second-order valence-electron chi connectivity index (χ2n) is 6.54. The van der Waals surface area contributed by atoms with Crippen LogP contribution in [0.3, 0.4) is 0 Å². The van der Waals surface area contributed by atoms with E-state index in [4.69, 9.17) is 4.74 Å². The monoisotopic (exact) mass is 375 g/mol. The van der Waals surface area contributed by atoms with Crippen LogP contribution in [0.4, 0.5) is 4.39 Å². The fourth-order valence-electron chi connectivity index (χ4n) is 3.05. The summed E-state index contributed by atoms with van der Waals surface area (Å²) in [6.45, 7) is -0.206. The number of aryl methyl sites for hydroxylation is 2. The topological polar surface area (TPSA) is 46.6 Å². The van der Waals surface area contributed by atoms with Crippen LogP contribution >= 0.6 is 11.3 Å². The number of benzene rings is 1. The molecule has 3 rings (SSSR count). The van der Waals surface area contributed by atoms with Crippen molar-refractivity contribution < 1.29 is 18.7 Å². The molecule has 0 aliphatic heterocycles. The maximum atomic E-state index is 13.7. The van der Waals surface area contributed by atoms with Gasteiger partial charge in [0.25, 0.3) is 5.91 Å². The van der Waals surface area contributed by atoms with Crippen LogP contribution in [0.2, 0.25) is 0 Å². The third-order valence-electron chi connectivity index (χ3n) is 4.57. The molecule has 1 aromatic carbocycles. The van der Waals surface area contributed by atoms with Gasteiger partial charge >= 0.3 is 5.97 Å². The molecule has 1 heterocycles. The maximum absolute atomic E-state index is 13.7. The summed E-state index contributed by atoms with van der Waals surface area (Å²) in [5.74, 6) is -1.18. The minimum Gasteiger partial charge on any atom is -0.451 e. The smallest absolute Gasteiger partial charge is 0.348 e. The lowest BCUT2D eigenvalue weighted by Crippen LogP contribution is -2.31. The first kappa shape index (κ1) is 18.6. The number of halogens is 1. The Bertz CT molecular complexity index is 779. The molecule has 0 bridgehead atoms. The lowest BCUT2D eigenvalue weighted by atomic mass is 10.1. The van der Waals surface area contributed by atoms with Crippen molar-refractivity contribution in [3.8, 4) is 0 Å². The largest absolute Gasteiger partial charge is 0.451 e. The first-order valence-corrected chi connectivity index (χ1v) is 9.62. The van der Waals surface area contributed by atoms with Gasteiger partial charge in [0.1, 0.15) is 10.7 Å². The van der Waals surface area contributed by atoms with E-state index in [-0.39, 0.29) is 24.9 Å². The highest BCUT2D eigenvalue weighted by Crippen LogP contribution is 2.29. The Morgan fingerprint density at radius 3 is 2.77 bits per heavy atom. The minimum absolute atomic E-state index is 0.135. The number of esters is 1. The van der Waals surface area contributed by atoms with Crippen LogP contribution in [0, 0.1) is 5.82 Å². The molecule has 26 heavy (non-hydrogen) atoms. The molecule has 0 saturated carbocycles. The van der Waals surface area contributed by atoms with Crippen LogP contribution in [-0.2, 0) is 28.9 Å². The molecule has 1 aliphatic rings. The summed E-state index contributed by atoms with van der Waals surface area (Å²) in [5.41, 5.74) is 1.67. The van der Waals surface area contributed by atoms with Gasteiger partial charge in [0.05, 0.1) is 0 Å². The Morgan fingerprint density at radius 1 is 1.19 bits per heavy atom. The van der Waals surface area contributed by atoms with Gasteiger partial charge in [-0.1, -0.05) is 24.6 Å². The molecule has 138 valence electrons. The quantitative estimate of drug-likeness (QED) is 0.587. The van der Waals surface area contributed by atoms with Crippen LogP contribution in [0.25, 0.3) is 0 Å². The van der Waals surface area contributed by atoms with E-state index in [0.717, 1.165) is 25.7 Å². The maximum Gasteiger partial charge on any atom is 0.348 e. The molecule has 0 spiro atoms. The summed E-state index contributed by atoms with van der Waals surface area (Å²) in [6.07, 6.45) is 5.55. The van der Waals surface area contributed by atoms with Gasteiger partial charge in [0.2, 0.25) is 0 Å². The number of likely N-dealkylation sites (N-methyl/N-ethyl adjacent to an activating group) is 1. The molecular weight excluding hydrogens is 353 g/mol. The van der Waals surface area contributed by atoms with Crippen molar-refractivity contribution in [2.24, 2.45) is 0 Å². The number of amides is 1. The highest BCUT2D eigenvalue weighted by atomic mass is 32.1. The molecule has 0 radical (unpaired) electrons. The zero-order valence-corrected chi connectivity index (χ0v) is 15.6. The Kier molecular flexibility index (Phi) is 6.04. The second kappa shape index (κ2) is 8.45. The third kappa shape index (κ3) is 4.49. The molecule has 0 saturated heterocycles.